The van der Waals surface area contributed by atoms with Crippen molar-refractivity contribution < 1.29 is 76.4 Å². The second kappa shape index (κ2) is 43.3. The summed E-state index contributed by atoms with van der Waals surface area (Å²) in [6.45, 7) is 21.2. The molecule has 0 spiro atoms. The molecule has 1 aliphatic carbocycles. The topological polar surface area (TPSA) is 388 Å². The van der Waals surface area contributed by atoms with Crippen molar-refractivity contribution >= 4 is 82.7 Å². The van der Waals surface area contributed by atoms with E-state index in [1.165, 1.54) is 37.2 Å². The summed E-state index contributed by atoms with van der Waals surface area (Å²) in [5.41, 5.74) is 8.96. The molecule has 1 fully saturated rings. The van der Waals surface area contributed by atoms with Crippen molar-refractivity contribution in [1.82, 2.24) is 57.3 Å². The molecule has 7 rings (SSSR count). The number of nitrogens with one attached hydrogen (secondary N) is 9. The van der Waals surface area contributed by atoms with Crippen LogP contribution in [0.4, 0.5) is 24.9 Å². The van der Waals surface area contributed by atoms with Gasteiger partial charge in [0.25, 0.3) is 0 Å². The number of anilines is 1. The molecule has 0 saturated carbocycles. The zero-order valence-electron chi connectivity index (χ0n) is 68.5. The number of rotatable bonds is 41. The average molecular weight is 1600 g/mol. The Hall–Kier alpha value is -10.2. The first-order valence-corrected chi connectivity index (χ1v) is 40.3. The Morgan fingerprint density at radius 2 is 1.27 bits per heavy atom. The fraction of sp³-hybridized carbons (Fsp3) is 0.548. The van der Waals surface area contributed by atoms with E-state index >= 15 is 0 Å². The molecule has 1 aliphatic heterocycles. The molecule has 0 unspecified atom stereocenters. The highest BCUT2D eigenvalue weighted by molar-refractivity contribution is 7.09. The van der Waals surface area contributed by atoms with E-state index in [1.807, 2.05) is 92.9 Å². The summed E-state index contributed by atoms with van der Waals surface area (Å²) in [6.07, 6.45) is 1.24. The summed E-state index contributed by atoms with van der Waals surface area (Å²) < 4.78 is 28.9. The number of likely N-dealkylation sites (N-methyl/N-ethyl adjacent to an activating group) is 1. The van der Waals surface area contributed by atoms with Gasteiger partial charge in [-0.1, -0.05) is 146 Å². The van der Waals surface area contributed by atoms with Crippen molar-refractivity contribution in [1.29, 1.82) is 0 Å². The van der Waals surface area contributed by atoms with Crippen LogP contribution in [0, 0.1) is 23.7 Å². The number of hydrogen-bond donors (Lipinski definition) is 10. The number of nitrogens with two attached hydrogens (primary N) is 1. The van der Waals surface area contributed by atoms with Gasteiger partial charge in [-0.25, -0.2) is 24.2 Å². The monoisotopic (exact) mass is 1600 g/mol. The van der Waals surface area contributed by atoms with Gasteiger partial charge < -0.3 is 87.1 Å². The number of ether oxygens (including phenoxy) is 5. The lowest BCUT2D eigenvalue weighted by Gasteiger charge is -2.41. The zero-order chi connectivity index (χ0) is 83.6. The van der Waals surface area contributed by atoms with Gasteiger partial charge in [0.2, 0.25) is 41.4 Å². The Morgan fingerprint density at radius 1 is 0.649 bits per heavy atom. The SMILES string of the molecule is CC[C@H](C)[C@@H]([C@@H](CC(=O)N1CCC[C@H]1[C@H](OC)[C@@H](C)C(=O)N[C@@H](Cc1ccccc1)c1nccs1)OC)N(C)C(=O)[C@@H](NC(=O)C(C)(C)NC(=O)OCc1ccc(NC(=O)[C@H](CCCNC(N)=O)NC(=O)[C@@H](NC(=O)[C@H](CCCCNC(=O)OCC2c3ccccc3-c3ccccc32)NC(=O)OC(C)(C)C)C(C)C)cc1)C(C)C. The Bertz CT molecular complexity index is 3980. The van der Waals surface area contributed by atoms with Crippen LogP contribution in [0.2, 0.25) is 0 Å². The molecule has 1 saturated heterocycles. The summed E-state index contributed by atoms with van der Waals surface area (Å²) in [5, 5.41) is 27.6. The maximum atomic E-state index is 14.8. The van der Waals surface area contributed by atoms with Gasteiger partial charge in [0.15, 0.2) is 0 Å². The molecule has 29 nitrogen and oxygen atoms in total. The number of urea groups is 1. The Morgan fingerprint density at radius 3 is 1.87 bits per heavy atom. The third-order valence-electron chi connectivity index (χ3n) is 20.8. The Balaban J connectivity index is 0.908. The minimum atomic E-state index is -1.62. The molecule has 1 aromatic heterocycles. The second-order valence-electron chi connectivity index (χ2n) is 31.6. The van der Waals surface area contributed by atoms with Gasteiger partial charge in [0, 0.05) is 64.1 Å². The maximum Gasteiger partial charge on any atom is 0.408 e. The molecule has 0 bridgehead atoms. The summed E-state index contributed by atoms with van der Waals surface area (Å²) in [6, 6.07) is 25.2. The van der Waals surface area contributed by atoms with Gasteiger partial charge in [-0.05, 0) is 149 Å². The van der Waals surface area contributed by atoms with E-state index in [2.05, 4.69) is 65.0 Å². The number of alkyl carbamates (subject to hydrolysis) is 3. The summed E-state index contributed by atoms with van der Waals surface area (Å²) >= 11 is 1.46. The highest BCUT2D eigenvalue weighted by Crippen LogP contribution is 2.45. The van der Waals surface area contributed by atoms with E-state index in [-0.39, 0.29) is 87.4 Å². The number of likely N-dealkylation sites (tertiary alicyclic amines) is 1. The predicted molar refractivity (Wildman–Crippen MR) is 434 cm³/mol. The van der Waals surface area contributed by atoms with E-state index in [0.717, 1.165) is 32.8 Å². The average Bonchev–Trinajstić information content (AvgIpc) is 1.60. The van der Waals surface area contributed by atoms with Gasteiger partial charge in [-0.2, -0.15) is 0 Å². The van der Waals surface area contributed by atoms with Crippen molar-refractivity contribution in [3.63, 3.8) is 0 Å². The number of amides is 12. The normalized spacial score (nSPS) is 16.0. The smallest absolute Gasteiger partial charge is 0.408 e. The second-order valence-corrected chi connectivity index (χ2v) is 32.5. The number of primary amides is 1. The van der Waals surface area contributed by atoms with Gasteiger partial charge in [-0.15, -0.1) is 11.3 Å². The van der Waals surface area contributed by atoms with Crippen LogP contribution in [0.25, 0.3) is 11.1 Å². The molecule has 11 atom stereocenters. The van der Waals surface area contributed by atoms with E-state index in [4.69, 9.17) is 29.4 Å². The number of nitrogens with zero attached hydrogens (tertiary/aromatic N) is 3. The first kappa shape index (κ1) is 91.0. The number of carbonyl (C=O) groups excluding carboxylic acids is 11. The number of hydrogen-bond acceptors (Lipinski definition) is 18. The number of aromatic nitrogens is 1. The third kappa shape index (κ3) is 26.4. The fourth-order valence-corrected chi connectivity index (χ4v) is 15.1. The standard InChI is InChI=1S/C84H119N13O16S/c1-16-52(6)70(66(109-14)47-67(98)97-44-27-36-65(97)71(110-15)53(7)72(99)91-64(76-86-43-45-114-76)46-54-28-18-17-19-29-54)96(13)77(103)69(51(4)5)94-78(104)84(11,12)95-82(108)111-48-55-37-39-56(40-38-55)89-73(100)62(35-26-42-87-79(85)105)90-75(102)68(50(2)3)93-74(101)63(92-81(107)113-83(8,9)10)34-24-25-41-88-80(106)112-49-61-59-32-22-20-30-57(59)58-31-21-23-33-60(58)61/h17-23,28-33,37-40,43,45,50-53,61-66,68-71H,16,24-27,34-36,41-42,44,46-49H2,1-15H3,(H,88,106)(H,89,100)(H,90,102)(H,91,99)(H,92,107)(H,93,101)(H,94,104)(H,95,108)(H3,85,87,105)/t52-,53+,62-,63-,64-,65-,66+,68-,69-,70-,71+/m0/s1. The van der Waals surface area contributed by atoms with Gasteiger partial charge >= 0.3 is 24.3 Å². The van der Waals surface area contributed by atoms with Crippen molar-refractivity contribution in [3.8, 4) is 11.1 Å². The number of fused-ring (bicyclic) bond motifs is 3. The Labute approximate surface area is 673 Å². The number of unbranched alkanes of at least 4 members (excludes halogenated alkanes) is 1. The molecule has 114 heavy (non-hydrogen) atoms. The highest BCUT2D eigenvalue weighted by atomic mass is 32.1. The summed E-state index contributed by atoms with van der Waals surface area (Å²) in [7, 11) is 4.68. The predicted octanol–water partition coefficient (Wildman–Crippen LogP) is 9.92. The van der Waals surface area contributed by atoms with Gasteiger partial charge in [0.1, 0.15) is 53.5 Å². The lowest BCUT2D eigenvalue weighted by Crippen LogP contribution is -2.62. The number of benzene rings is 4. The van der Waals surface area contributed by atoms with E-state index in [9.17, 15) is 52.7 Å². The zero-order valence-corrected chi connectivity index (χ0v) is 69.3. The third-order valence-corrected chi connectivity index (χ3v) is 21.7. The Kier molecular flexibility index (Phi) is 34.6. The number of carbonyl (C=O) groups is 11. The lowest BCUT2D eigenvalue weighted by atomic mass is 9.89. The minimum Gasteiger partial charge on any atom is -0.449 e. The van der Waals surface area contributed by atoms with Crippen molar-refractivity contribution in [2.75, 3.05) is 52.8 Å². The van der Waals surface area contributed by atoms with E-state index in [0.29, 0.717) is 50.6 Å². The van der Waals surface area contributed by atoms with Crippen LogP contribution in [0.3, 0.4) is 0 Å². The van der Waals surface area contributed by atoms with Crippen LogP contribution in [0.15, 0.2) is 115 Å². The summed E-state index contributed by atoms with van der Waals surface area (Å²) in [5.74, 6) is -5.59. The molecule has 4 aromatic carbocycles. The molecule has 12 amide bonds. The van der Waals surface area contributed by atoms with Gasteiger partial charge in [-0.3, -0.25) is 33.6 Å². The quantitative estimate of drug-likeness (QED) is 0.0128. The summed E-state index contributed by atoms with van der Waals surface area (Å²) in [4.78, 5) is 159. The molecule has 622 valence electrons. The van der Waals surface area contributed by atoms with Crippen LogP contribution in [0.1, 0.15) is 180 Å². The fourth-order valence-electron chi connectivity index (χ4n) is 14.4. The lowest BCUT2D eigenvalue weighted by molar-refractivity contribution is -0.148. The number of thiazole rings is 1. The van der Waals surface area contributed by atoms with Crippen molar-refractivity contribution in [2.45, 2.75) is 225 Å². The van der Waals surface area contributed by atoms with Crippen LogP contribution < -0.4 is 53.6 Å². The van der Waals surface area contributed by atoms with Crippen LogP contribution in [-0.4, -0.2) is 188 Å². The van der Waals surface area contributed by atoms with Crippen molar-refractivity contribution in [3.05, 3.63) is 142 Å². The van der Waals surface area contributed by atoms with E-state index < -0.39 is 131 Å². The van der Waals surface area contributed by atoms with Crippen LogP contribution in [-0.2, 0) is 70.3 Å². The molecule has 30 heteroatoms. The first-order chi connectivity index (χ1) is 54.1. The number of methoxy groups -OCH3 is 2. The maximum absolute atomic E-state index is 14.8. The van der Waals surface area contributed by atoms with Crippen molar-refractivity contribution in [2.24, 2.45) is 29.4 Å². The first-order valence-electron chi connectivity index (χ1n) is 39.4. The molecular weight excluding hydrogens is 1480 g/mol. The molecular formula is C84H119N13O16S. The molecule has 11 N–H and O–H groups in total. The van der Waals surface area contributed by atoms with Crippen LogP contribution >= 0.6 is 11.3 Å². The van der Waals surface area contributed by atoms with E-state index in [1.54, 1.807) is 98.0 Å². The molecule has 0 radical (unpaired) electrons. The minimum absolute atomic E-state index is 0.0105. The van der Waals surface area contributed by atoms with Crippen LogP contribution in [0.5, 0.6) is 0 Å². The molecule has 5 aromatic rings. The highest BCUT2D eigenvalue weighted by Gasteiger charge is 2.45. The molecule has 2 heterocycles. The van der Waals surface area contributed by atoms with Gasteiger partial charge in [0.05, 0.1) is 42.7 Å². The largest absolute Gasteiger partial charge is 0.449 e. The molecule has 2 aliphatic rings.